The van der Waals surface area contributed by atoms with Gasteiger partial charge in [0.1, 0.15) is 0 Å². The minimum atomic E-state index is -3.72. The van der Waals surface area contributed by atoms with E-state index in [2.05, 4.69) is 15.9 Å². The molecule has 0 fully saturated rings. The molecule has 1 unspecified atom stereocenters. The third-order valence-electron chi connectivity index (χ3n) is 3.32. The standard InChI is InChI=1S/C14H18BrN3O3S/c1-11(8-9-16)18(3)14(19)10-17(2)22(20,21)13-6-4-12(15)5-7-13/h4-7,11H,8,10H2,1-3H3. The van der Waals surface area contributed by atoms with Crippen LogP contribution < -0.4 is 0 Å². The Kier molecular flexibility index (Phi) is 6.53. The number of nitrogens with zero attached hydrogens (tertiary/aromatic N) is 3. The van der Waals surface area contributed by atoms with Crippen LogP contribution >= 0.6 is 15.9 Å². The molecule has 1 amide bonds. The van der Waals surface area contributed by atoms with E-state index in [1.54, 1.807) is 26.1 Å². The smallest absolute Gasteiger partial charge is 0.243 e. The molecule has 0 aliphatic rings. The van der Waals surface area contributed by atoms with Crippen molar-refractivity contribution in [2.75, 3.05) is 20.6 Å². The van der Waals surface area contributed by atoms with Gasteiger partial charge in [0.15, 0.2) is 0 Å². The number of carbonyl (C=O) groups is 1. The Hall–Kier alpha value is -1.43. The van der Waals surface area contributed by atoms with Crippen molar-refractivity contribution in [3.8, 4) is 6.07 Å². The Bertz CT molecular complexity index is 668. The lowest BCUT2D eigenvalue weighted by molar-refractivity contribution is -0.131. The van der Waals surface area contributed by atoms with E-state index in [4.69, 9.17) is 5.26 Å². The number of nitriles is 1. The number of likely N-dealkylation sites (N-methyl/N-ethyl adjacent to an activating group) is 2. The van der Waals surface area contributed by atoms with Gasteiger partial charge in [0.25, 0.3) is 0 Å². The molecule has 120 valence electrons. The maximum Gasteiger partial charge on any atom is 0.243 e. The molecule has 0 bridgehead atoms. The van der Waals surface area contributed by atoms with Gasteiger partial charge < -0.3 is 4.90 Å². The minimum Gasteiger partial charge on any atom is -0.341 e. The lowest BCUT2D eigenvalue weighted by Gasteiger charge is -2.25. The molecule has 0 aliphatic carbocycles. The van der Waals surface area contributed by atoms with E-state index in [0.29, 0.717) is 0 Å². The number of hydrogen-bond acceptors (Lipinski definition) is 4. The van der Waals surface area contributed by atoms with Crippen LogP contribution in [-0.4, -0.2) is 50.2 Å². The monoisotopic (exact) mass is 387 g/mol. The largest absolute Gasteiger partial charge is 0.341 e. The van der Waals surface area contributed by atoms with E-state index >= 15 is 0 Å². The lowest BCUT2D eigenvalue weighted by Crippen LogP contribution is -2.42. The molecule has 1 atom stereocenters. The van der Waals surface area contributed by atoms with Crippen LogP contribution in [0.15, 0.2) is 33.6 Å². The van der Waals surface area contributed by atoms with Gasteiger partial charge in [-0.3, -0.25) is 4.79 Å². The maximum atomic E-state index is 12.4. The number of sulfonamides is 1. The fourth-order valence-electron chi connectivity index (χ4n) is 1.69. The molecule has 0 saturated heterocycles. The first-order valence-corrected chi connectivity index (χ1v) is 8.78. The highest BCUT2D eigenvalue weighted by Gasteiger charge is 2.25. The first-order chi connectivity index (χ1) is 10.2. The SMILES string of the molecule is CC(CC#N)N(C)C(=O)CN(C)S(=O)(=O)c1ccc(Br)cc1. The fourth-order valence-corrected chi connectivity index (χ4v) is 3.07. The molecule has 0 radical (unpaired) electrons. The van der Waals surface area contributed by atoms with E-state index in [1.807, 2.05) is 6.07 Å². The number of benzene rings is 1. The summed E-state index contributed by atoms with van der Waals surface area (Å²) in [6.45, 7) is 1.47. The molecule has 0 spiro atoms. The molecule has 0 N–H and O–H groups in total. The van der Waals surface area contributed by atoms with Crippen molar-refractivity contribution in [3.63, 3.8) is 0 Å². The van der Waals surface area contributed by atoms with Gasteiger partial charge in [-0.25, -0.2) is 8.42 Å². The van der Waals surface area contributed by atoms with Crippen LogP contribution in [-0.2, 0) is 14.8 Å². The van der Waals surface area contributed by atoms with Crippen LogP contribution in [0.1, 0.15) is 13.3 Å². The van der Waals surface area contributed by atoms with Crippen LogP contribution in [0.3, 0.4) is 0 Å². The van der Waals surface area contributed by atoms with Crippen molar-refractivity contribution in [2.24, 2.45) is 0 Å². The van der Waals surface area contributed by atoms with E-state index in [1.165, 1.54) is 24.1 Å². The van der Waals surface area contributed by atoms with Crippen molar-refractivity contribution in [1.29, 1.82) is 5.26 Å². The maximum absolute atomic E-state index is 12.4. The summed E-state index contributed by atoms with van der Waals surface area (Å²) in [5, 5.41) is 8.65. The van der Waals surface area contributed by atoms with Crippen molar-refractivity contribution in [3.05, 3.63) is 28.7 Å². The van der Waals surface area contributed by atoms with Crippen LogP contribution in [0.2, 0.25) is 0 Å². The first-order valence-electron chi connectivity index (χ1n) is 6.54. The molecular formula is C14H18BrN3O3S. The third-order valence-corrected chi connectivity index (χ3v) is 5.67. The summed E-state index contributed by atoms with van der Waals surface area (Å²) in [5.74, 6) is -0.356. The minimum absolute atomic E-state index is 0.124. The second-order valence-electron chi connectivity index (χ2n) is 4.93. The highest BCUT2D eigenvalue weighted by molar-refractivity contribution is 9.10. The summed E-state index contributed by atoms with van der Waals surface area (Å²) < 4.78 is 26.6. The van der Waals surface area contributed by atoms with E-state index in [9.17, 15) is 13.2 Å². The molecule has 0 aliphatic heterocycles. The zero-order valence-electron chi connectivity index (χ0n) is 12.7. The van der Waals surface area contributed by atoms with Gasteiger partial charge in [-0.2, -0.15) is 9.57 Å². The summed E-state index contributed by atoms with van der Waals surface area (Å²) in [6, 6.07) is 7.93. The number of hydrogen-bond donors (Lipinski definition) is 0. The zero-order valence-corrected chi connectivity index (χ0v) is 15.1. The highest BCUT2D eigenvalue weighted by atomic mass is 79.9. The molecule has 0 aromatic heterocycles. The molecule has 0 saturated carbocycles. The lowest BCUT2D eigenvalue weighted by atomic mass is 10.2. The highest BCUT2D eigenvalue weighted by Crippen LogP contribution is 2.18. The van der Waals surface area contributed by atoms with Gasteiger partial charge in [-0.15, -0.1) is 0 Å². The van der Waals surface area contributed by atoms with Crippen LogP contribution in [0, 0.1) is 11.3 Å². The molecular weight excluding hydrogens is 370 g/mol. The van der Waals surface area contributed by atoms with E-state index < -0.39 is 10.0 Å². The van der Waals surface area contributed by atoms with Crippen LogP contribution in [0.25, 0.3) is 0 Å². The van der Waals surface area contributed by atoms with Gasteiger partial charge in [0.05, 0.1) is 23.9 Å². The van der Waals surface area contributed by atoms with Gasteiger partial charge >= 0.3 is 0 Å². The average molecular weight is 388 g/mol. The topological polar surface area (TPSA) is 81.5 Å². The van der Waals surface area contributed by atoms with Crippen molar-refractivity contribution < 1.29 is 13.2 Å². The predicted octanol–water partition coefficient (Wildman–Crippen LogP) is 1.83. The van der Waals surface area contributed by atoms with Gasteiger partial charge in [0.2, 0.25) is 15.9 Å². The molecule has 1 rings (SSSR count). The predicted molar refractivity (Wildman–Crippen MR) is 86.4 cm³/mol. The third kappa shape index (κ3) is 4.53. The number of carbonyl (C=O) groups excluding carboxylic acids is 1. The van der Waals surface area contributed by atoms with Crippen LogP contribution in [0.5, 0.6) is 0 Å². The molecule has 6 nitrogen and oxygen atoms in total. The van der Waals surface area contributed by atoms with Gasteiger partial charge in [-0.1, -0.05) is 15.9 Å². The number of amides is 1. The Labute approximate surface area is 139 Å². The first kappa shape index (κ1) is 18.6. The quantitative estimate of drug-likeness (QED) is 0.745. The number of halogens is 1. The van der Waals surface area contributed by atoms with Crippen molar-refractivity contribution in [2.45, 2.75) is 24.3 Å². The molecule has 0 heterocycles. The van der Waals surface area contributed by atoms with Crippen molar-refractivity contribution >= 4 is 31.9 Å². The van der Waals surface area contributed by atoms with Gasteiger partial charge in [-0.05, 0) is 31.2 Å². The van der Waals surface area contributed by atoms with Crippen LogP contribution in [0.4, 0.5) is 0 Å². The Morgan fingerprint density at radius 2 is 1.86 bits per heavy atom. The Balaban J connectivity index is 2.83. The Morgan fingerprint density at radius 3 is 2.36 bits per heavy atom. The summed E-state index contributed by atoms with van der Waals surface area (Å²) in [4.78, 5) is 13.6. The van der Waals surface area contributed by atoms with E-state index in [-0.39, 0.29) is 29.8 Å². The second kappa shape index (κ2) is 7.72. The molecule has 1 aromatic carbocycles. The summed E-state index contributed by atoms with van der Waals surface area (Å²) >= 11 is 3.24. The Morgan fingerprint density at radius 1 is 1.32 bits per heavy atom. The molecule has 1 aromatic rings. The summed E-state index contributed by atoms with van der Waals surface area (Å²) in [6.07, 6.45) is 0.200. The average Bonchev–Trinajstić information content (AvgIpc) is 2.46. The van der Waals surface area contributed by atoms with E-state index in [0.717, 1.165) is 8.78 Å². The second-order valence-corrected chi connectivity index (χ2v) is 7.89. The van der Waals surface area contributed by atoms with Gasteiger partial charge in [0, 0.05) is 24.6 Å². The van der Waals surface area contributed by atoms with Crippen molar-refractivity contribution in [1.82, 2.24) is 9.21 Å². The summed E-state index contributed by atoms with van der Waals surface area (Å²) in [7, 11) is -0.803. The fraction of sp³-hybridized carbons (Fsp3) is 0.429. The normalized spacial score (nSPS) is 12.7. The zero-order chi connectivity index (χ0) is 16.9. The molecule has 22 heavy (non-hydrogen) atoms. The molecule has 8 heteroatoms. The summed E-state index contributed by atoms with van der Waals surface area (Å²) in [5.41, 5.74) is 0. The number of rotatable bonds is 6.